The topological polar surface area (TPSA) is 43.7 Å². The zero-order valence-electron chi connectivity index (χ0n) is 9.68. The Kier molecular flexibility index (Phi) is 8.61. The van der Waals surface area contributed by atoms with Gasteiger partial charge >= 0.3 is 0 Å². The first-order valence-corrected chi connectivity index (χ1v) is 5.96. The summed E-state index contributed by atoms with van der Waals surface area (Å²) in [4.78, 5) is 3.15. The first-order chi connectivity index (χ1) is 7.11. The van der Waals surface area contributed by atoms with Crippen molar-refractivity contribution in [1.29, 1.82) is 0 Å². The van der Waals surface area contributed by atoms with Crippen LogP contribution in [0.5, 0.6) is 0 Å². The molecule has 1 unspecified atom stereocenters. The Hall–Kier alpha value is -0.420. The van der Waals surface area contributed by atoms with E-state index in [1.807, 2.05) is 31.6 Å². The number of nitrogens with zero attached hydrogens (tertiary/aromatic N) is 1. The summed E-state index contributed by atoms with van der Waals surface area (Å²) in [7, 11) is 4.03. The summed E-state index contributed by atoms with van der Waals surface area (Å²) in [6.45, 7) is 2.86. The molecular formula is C11H21NO2S. The van der Waals surface area contributed by atoms with Crippen LogP contribution < -0.4 is 0 Å². The molecule has 0 saturated carbocycles. The Labute approximate surface area is 96.0 Å². The fourth-order valence-corrected chi connectivity index (χ4v) is 1.75. The second-order valence-corrected chi connectivity index (χ2v) is 4.42. The maximum Gasteiger partial charge on any atom is 0.0894 e. The van der Waals surface area contributed by atoms with Crippen molar-refractivity contribution in [2.24, 2.45) is 0 Å². The van der Waals surface area contributed by atoms with E-state index < -0.39 is 0 Å². The Morgan fingerprint density at radius 2 is 2.07 bits per heavy atom. The minimum Gasteiger partial charge on any atom is -0.397 e. The van der Waals surface area contributed by atoms with Crippen molar-refractivity contribution < 1.29 is 10.2 Å². The van der Waals surface area contributed by atoms with Gasteiger partial charge in [0.25, 0.3) is 0 Å². The molecule has 1 aromatic rings. The molecule has 1 atom stereocenters. The lowest BCUT2D eigenvalue weighted by Crippen LogP contribution is -2.15. The van der Waals surface area contributed by atoms with Gasteiger partial charge in [-0.2, -0.15) is 0 Å². The van der Waals surface area contributed by atoms with Crippen molar-refractivity contribution >= 4 is 11.3 Å². The number of aliphatic hydroxyl groups excluding tert-OH is 2. The Balaban J connectivity index is 0.000000583. The molecule has 2 N–H and O–H groups in total. The smallest absolute Gasteiger partial charge is 0.0894 e. The van der Waals surface area contributed by atoms with Gasteiger partial charge in [0.1, 0.15) is 0 Å². The van der Waals surface area contributed by atoms with E-state index in [1.165, 1.54) is 0 Å². The molecule has 0 saturated heterocycles. The van der Waals surface area contributed by atoms with Gasteiger partial charge in [-0.1, -0.05) is 6.07 Å². The molecule has 1 heterocycles. The van der Waals surface area contributed by atoms with E-state index in [0.717, 1.165) is 17.8 Å². The fourth-order valence-electron chi connectivity index (χ4n) is 1.00. The summed E-state index contributed by atoms with van der Waals surface area (Å²) in [6.07, 6.45) is 0.528. The van der Waals surface area contributed by atoms with Crippen molar-refractivity contribution in [2.45, 2.75) is 19.4 Å². The summed E-state index contributed by atoms with van der Waals surface area (Å²) in [5, 5.41) is 19.2. The van der Waals surface area contributed by atoms with Gasteiger partial charge in [0.05, 0.1) is 6.10 Å². The maximum absolute atomic E-state index is 9.64. The van der Waals surface area contributed by atoms with Gasteiger partial charge < -0.3 is 15.1 Å². The molecule has 88 valence electrons. The molecule has 1 rings (SSSR count). The molecule has 0 spiro atoms. The molecule has 1 aromatic heterocycles. The van der Waals surface area contributed by atoms with Gasteiger partial charge in [-0.25, -0.2) is 0 Å². The molecule has 0 aliphatic rings. The number of hydrogen-bond donors (Lipinski definition) is 2. The van der Waals surface area contributed by atoms with Gasteiger partial charge in [0, 0.05) is 18.0 Å². The lowest BCUT2D eigenvalue weighted by molar-refractivity contribution is 0.158. The van der Waals surface area contributed by atoms with E-state index in [1.54, 1.807) is 18.3 Å². The summed E-state index contributed by atoms with van der Waals surface area (Å²) in [6, 6.07) is 3.95. The van der Waals surface area contributed by atoms with Gasteiger partial charge in [0.2, 0.25) is 0 Å². The van der Waals surface area contributed by atoms with Crippen LogP contribution in [0.1, 0.15) is 24.3 Å². The lowest BCUT2D eigenvalue weighted by Gasteiger charge is -2.12. The van der Waals surface area contributed by atoms with Crippen molar-refractivity contribution in [3.8, 4) is 0 Å². The zero-order valence-corrected chi connectivity index (χ0v) is 10.5. The molecule has 4 heteroatoms. The first-order valence-electron chi connectivity index (χ1n) is 5.08. The predicted octanol–water partition coefficient (Wildman–Crippen LogP) is 1.73. The lowest BCUT2D eigenvalue weighted by atomic mass is 10.2. The molecule has 0 aliphatic heterocycles. The second-order valence-electron chi connectivity index (χ2n) is 3.44. The van der Waals surface area contributed by atoms with E-state index in [2.05, 4.69) is 4.90 Å². The SMILES string of the molecule is CCO.CN(C)CCC(O)c1cccs1. The third kappa shape index (κ3) is 7.50. The molecule has 0 radical (unpaired) electrons. The van der Waals surface area contributed by atoms with Crippen LogP contribution in [0.25, 0.3) is 0 Å². The van der Waals surface area contributed by atoms with Gasteiger partial charge in [0.15, 0.2) is 0 Å². The Morgan fingerprint density at radius 3 is 2.47 bits per heavy atom. The fraction of sp³-hybridized carbons (Fsp3) is 0.636. The third-order valence-corrected chi connectivity index (χ3v) is 2.69. The van der Waals surface area contributed by atoms with Gasteiger partial charge in [-0.05, 0) is 38.9 Å². The van der Waals surface area contributed by atoms with E-state index in [4.69, 9.17) is 5.11 Å². The van der Waals surface area contributed by atoms with Crippen LogP contribution in [0.2, 0.25) is 0 Å². The number of rotatable bonds is 4. The molecule has 0 aliphatic carbocycles. The summed E-state index contributed by atoms with van der Waals surface area (Å²) >= 11 is 1.61. The van der Waals surface area contributed by atoms with Crippen molar-refractivity contribution in [2.75, 3.05) is 27.2 Å². The minimum absolute atomic E-state index is 0.250. The molecule has 0 aromatic carbocycles. The third-order valence-electron chi connectivity index (χ3n) is 1.72. The van der Waals surface area contributed by atoms with E-state index in [-0.39, 0.29) is 12.7 Å². The highest BCUT2D eigenvalue weighted by atomic mass is 32.1. The van der Waals surface area contributed by atoms with Crippen LogP contribution in [-0.4, -0.2) is 42.4 Å². The summed E-state index contributed by atoms with van der Waals surface area (Å²) in [5.41, 5.74) is 0. The molecule has 0 fully saturated rings. The van der Waals surface area contributed by atoms with Crippen molar-refractivity contribution in [3.63, 3.8) is 0 Å². The van der Waals surface area contributed by atoms with Crippen LogP contribution in [0, 0.1) is 0 Å². The van der Waals surface area contributed by atoms with E-state index >= 15 is 0 Å². The standard InChI is InChI=1S/C9H15NOS.C2H6O/c1-10(2)6-5-8(11)9-4-3-7-12-9;1-2-3/h3-4,7-8,11H,5-6H2,1-2H3;3H,2H2,1H3. The highest BCUT2D eigenvalue weighted by Gasteiger charge is 2.07. The van der Waals surface area contributed by atoms with Crippen LogP contribution in [0.4, 0.5) is 0 Å². The maximum atomic E-state index is 9.64. The molecular weight excluding hydrogens is 210 g/mol. The van der Waals surface area contributed by atoms with E-state index in [9.17, 15) is 5.11 Å². The molecule has 3 nitrogen and oxygen atoms in total. The Morgan fingerprint density at radius 1 is 1.47 bits per heavy atom. The van der Waals surface area contributed by atoms with Crippen LogP contribution in [0.15, 0.2) is 17.5 Å². The second kappa shape index (κ2) is 8.85. The average Bonchev–Trinajstić information content (AvgIpc) is 2.68. The monoisotopic (exact) mass is 231 g/mol. The summed E-state index contributed by atoms with van der Waals surface area (Å²) < 4.78 is 0. The number of thiophene rings is 1. The molecule has 15 heavy (non-hydrogen) atoms. The zero-order chi connectivity index (χ0) is 11.7. The highest BCUT2D eigenvalue weighted by molar-refractivity contribution is 7.10. The van der Waals surface area contributed by atoms with Gasteiger partial charge in [-0.15, -0.1) is 11.3 Å². The Bertz CT molecular complexity index is 225. The van der Waals surface area contributed by atoms with Crippen molar-refractivity contribution in [3.05, 3.63) is 22.4 Å². The van der Waals surface area contributed by atoms with Crippen molar-refractivity contribution in [1.82, 2.24) is 4.90 Å². The predicted molar refractivity (Wildman–Crippen MR) is 65.2 cm³/mol. The highest BCUT2D eigenvalue weighted by Crippen LogP contribution is 2.21. The van der Waals surface area contributed by atoms with E-state index in [0.29, 0.717) is 0 Å². The average molecular weight is 231 g/mol. The summed E-state index contributed by atoms with van der Waals surface area (Å²) in [5.74, 6) is 0. The number of hydrogen-bond acceptors (Lipinski definition) is 4. The number of aliphatic hydroxyl groups is 2. The minimum atomic E-state index is -0.285. The quantitative estimate of drug-likeness (QED) is 0.829. The molecule has 0 amide bonds. The normalized spacial score (nSPS) is 12.1. The van der Waals surface area contributed by atoms with Crippen LogP contribution in [0.3, 0.4) is 0 Å². The van der Waals surface area contributed by atoms with Gasteiger partial charge in [-0.3, -0.25) is 0 Å². The molecule has 0 bridgehead atoms. The van der Waals surface area contributed by atoms with Crippen LogP contribution >= 0.6 is 11.3 Å². The largest absolute Gasteiger partial charge is 0.397 e. The van der Waals surface area contributed by atoms with Crippen LogP contribution in [-0.2, 0) is 0 Å². The first kappa shape index (κ1) is 14.6.